The molecule has 0 bridgehead atoms. The second kappa shape index (κ2) is 8.29. The van der Waals surface area contributed by atoms with Crippen LogP contribution in [0, 0.1) is 0 Å². The van der Waals surface area contributed by atoms with Crippen LogP contribution in [0.4, 0.5) is 16.2 Å². The zero-order valence-corrected chi connectivity index (χ0v) is 18.3. The van der Waals surface area contributed by atoms with Gasteiger partial charge in [-0.25, -0.2) is 9.78 Å². The van der Waals surface area contributed by atoms with E-state index >= 15 is 0 Å². The molecule has 30 heavy (non-hydrogen) atoms. The van der Waals surface area contributed by atoms with E-state index in [0.717, 1.165) is 47.3 Å². The number of rotatable bonds is 3. The van der Waals surface area contributed by atoms with Crippen LogP contribution >= 0.6 is 23.1 Å². The third-order valence-corrected chi connectivity index (χ3v) is 7.35. The van der Waals surface area contributed by atoms with E-state index in [2.05, 4.69) is 58.1 Å². The summed E-state index contributed by atoms with van der Waals surface area (Å²) in [5.41, 5.74) is 4.41. The summed E-state index contributed by atoms with van der Waals surface area (Å²) in [6, 6.07) is 14.9. The minimum Gasteiger partial charge on any atom is -0.453 e. The molecular formula is C22H22N4O2S2. The van der Waals surface area contributed by atoms with E-state index < -0.39 is 0 Å². The molecule has 1 saturated heterocycles. The van der Waals surface area contributed by atoms with Crippen molar-refractivity contribution in [3.05, 3.63) is 52.9 Å². The molecule has 0 unspecified atom stereocenters. The first kappa shape index (κ1) is 19.4. The Labute approximate surface area is 183 Å². The lowest BCUT2D eigenvalue weighted by atomic mass is 10.1. The second-order valence-electron chi connectivity index (χ2n) is 7.29. The molecule has 2 aromatic carbocycles. The Morgan fingerprint density at radius 2 is 1.90 bits per heavy atom. The van der Waals surface area contributed by atoms with Crippen LogP contribution in [0.25, 0.3) is 11.3 Å². The Kier molecular flexibility index (Phi) is 5.37. The van der Waals surface area contributed by atoms with E-state index in [4.69, 9.17) is 9.72 Å². The number of thiazole rings is 1. The highest BCUT2D eigenvalue weighted by Crippen LogP contribution is 2.45. The van der Waals surface area contributed by atoms with Gasteiger partial charge < -0.3 is 15.0 Å². The van der Waals surface area contributed by atoms with Crippen LogP contribution in [0.5, 0.6) is 0 Å². The number of para-hydroxylation sites is 1. The monoisotopic (exact) mass is 438 g/mol. The van der Waals surface area contributed by atoms with Gasteiger partial charge in [-0.05, 0) is 24.3 Å². The van der Waals surface area contributed by atoms with E-state index in [1.807, 2.05) is 0 Å². The van der Waals surface area contributed by atoms with Gasteiger partial charge in [0.15, 0.2) is 0 Å². The Bertz CT molecular complexity index is 1080. The number of aromatic nitrogens is 1. The van der Waals surface area contributed by atoms with Gasteiger partial charge in [0.1, 0.15) is 5.01 Å². The topological polar surface area (TPSA) is 57.7 Å². The maximum atomic E-state index is 11.6. The van der Waals surface area contributed by atoms with Crippen molar-refractivity contribution in [2.45, 2.75) is 16.3 Å². The minimum absolute atomic E-state index is 0.243. The third-order valence-electron chi connectivity index (χ3n) is 5.37. The highest BCUT2D eigenvalue weighted by molar-refractivity contribution is 7.99. The average Bonchev–Trinajstić information content (AvgIpc) is 3.25. The van der Waals surface area contributed by atoms with E-state index in [1.54, 1.807) is 28.0 Å². The predicted octanol–water partition coefficient (Wildman–Crippen LogP) is 4.90. The first-order chi connectivity index (χ1) is 14.7. The molecule has 5 rings (SSSR count). The van der Waals surface area contributed by atoms with Crippen molar-refractivity contribution in [2.24, 2.45) is 0 Å². The molecule has 0 saturated carbocycles. The van der Waals surface area contributed by atoms with Crippen LogP contribution in [-0.2, 0) is 11.3 Å². The van der Waals surface area contributed by atoms with E-state index in [0.29, 0.717) is 13.1 Å². The smallest absolute Gasteiger partial charge is 0.409 e. The molecule has 0 spiro atoms. The van der Waals surface area contributed by atoms with Crippen LogP contribution in [0.3, 0.4) is 0 Å². The molecule has 6 nitrogen and oxygen atoms in total. The molecule has 0 radical (unpaired) electrons. The van der Waals surface area contributed by atoms with Gasteiger partial charge in [-0.1, -0.05) is 30.0 Å². The summed E-state index contributed by atoms with van der Waals surface area (Å²) < 4.78 is 4.81. The minimum atomic E-state index is -0.243. The summed E-state index contributed by atoms with van der Waals surface area (Å²) in [7, 11) is 1.43. The maximum absolute atomic E-state index is 11.6. The van der Waals surface area contributed by atoms with Gasteiger partial charge in [-0.2, -0.15) is 0 Å². The van der Waals surface area contributed by atoms with Gasteiger partial charge in [-0.15, -0.1) is 11.3 Å². The lowest BCUT2D eigenvalue weighted by molar-refractivity contribution is 0.0889. The molecule has 1 fully saturated rings. The molecule has 3 heterocycles. The molecule has 2 aliphatic heterocycles. The van der Waals surface area contributed by atoms with Crippen molar-refractivity contribution in [3.8, 4) is 11.3 Å². The maximum Gasteiger partial charge on any atom is 0.409 e. The van der Waals surface area contributed by atoms with Crippen molar-refractivity contribution in [1.82, 2.24) is 14.8 Å². The van der Waals surface area contributed by atoms with Crippen LogP contribution in [0.2, 0.25) is 0 Å². The van der Waals surface area contributed by atoms with Gasteiger partial charge in [0, 0.05) is 46.9 Å². The number of nitrogens with one attached hydrogen (secondary N) is 1. The fraction of sp³-hybridized carbons (Fsp3) is 0.273. The van der Waals surface area contributed by atoms with Crippen molar-refractivity contribution in [3.63, 3.8) is 0 Å². The molecule has 3 aromatic rings. The van der Waals surface area contributed by atoms with Crippen LogP contribution < -0.4 is 5.32 Å². The normalized spacial score (nSPS) is 15.8. The average molecular weight is 439 g/mol. The summed E-state index contributed by atoms with van der Waals surface area (Å²) in [6.07, 6.45) is -0.243. The molecule has 0 aliphatic carbocycles. The molecule has 1 amide bonds. The third kappa shape index (κ3) is 3.90. The summed E-state index contributed by atoms with van der Waals surface area (Å²) in [6.45, 7) is 3.87. The van der Waals surface area contributed by atoms with Gasteiger partial charge >= 0.3 is 6.09 Å². The van der Waals surface area contributed by atoms with Gasteiger partial charge in [0.25, 0.3) is 0 Å². The molecule has 0 atom stereocenters. The second-order valence-corrected chi connectivity index (χ2v) is 9.32. The quantitative estimate of drug-likeness (QED) is 0.491. The van der Waals surface area contributed by atoms with Crippen molar-refractivity contribution in [2.75, 3.05) is 38.6 Å². The summed E-state index contributed by atoms with van der Waals surface area (Å²) >= 11 is 3.49. The van der Waals surface area contributed by atoms with E-state index in [1.165, 1.54) is 16.9 Å². The Morgan fingerprint density at radius 1 is 1.10 bits per heavy atom. The summed E-state index contributed by atoms with van der Waals surface area (Å²) in [5, 5.41) is 6.77. The number of fused-ring (bicyclic) bond motifs is 2. The van der Waals surface area contributed by atoms with Crippen molar-refractivity contribution >= 4 is 40.6 Å². The molecule has 1 aromatic heterocycles. The number of amides is 1. The first-order valence-corrected chi connectivity index (χ1v) is 11.6. The van der Waals surface area contributed by atoms with Gasteiger partial charge in [-0.3, -0.25) is 4.90 Å². The predicted molar refractivity (Wildman–Crippen MR) is 121 cm³/mol. The number of nitrogens with zero attached hydrogens (tertiary/aromatic N) is 3. The fourth-order valence-electron chi connectivity index (χ4n) is 3.72. The number of ether oxygens (including phenoxy) is 1. The molecule has 1 N–H and O–H groups in total. The SMILES string of the molecule is COC(=O)N1CCN(Cc2nc(-c3ccc4c(c3)Nc3ccccc3S4)cs2)CC1. The Balaban J connectivity index is 1.26. The number of carbonyl (C=O) groups is 1. The van der Waals surface area contributed by atoms with Crippen molar-refractivity contribution < 1.29 is 9.53 Å². The fourth-order valence-corrected chi connectivity index (χ4v) is 5.54. The number of carbonyl (C=O) groups excluding carboxylic acids is 1. The zero-order chi connectivity index (χ0) is 20.5. The molecule has 154 valence electrons. The standard InChI is InChI=1S/C22H22N4O2S2/c1-28-22(27)26-10-8-25(9-11-26)13-21-24-18(14-29-21)15-6-7-20-17(12-15)23-16-4-2-3-5-19(16)30-20/h2-7,12,14,23H,8-11,13H2,1H3. The van der Waals surface area contributed by atoms with Crippen LogP contribution in [0.15, 0.2) is 57.6 Å². The number of benzene rings is 2. The highest BCUT2D eigenvalue weighted by atomic mass is 32.2. The molecule has 2 aliphatic rings. The number of methoxy groups -OCH3 is 1. The number of piperazine rings is 1. The number of hydrogen-bond donors (Lipinski definition) is 1. The molecular weight excluding hydrogens is 416 g/mol. The lowest BCUT2D eigenvalue weighted by Crippen LogP contribution is -2.48. The highest BCUT2D eigenvalue weighted by Gasteiger charge is 2.22. The molecule has 8 heteroatoms. The Morgan fingerprint density at radius 3 is 2.73 bits per heavy atom. The summed E-state index contributed by atoms with van der Waals surface area (Å²) in [5.74, 6) is 0. The van der Waals surface area contributed by atoms with Crippen molar-refractivity contribution in [1.29, 1.82) is 0 Å². The van der Waals surface area contributed by atoms with Gasteiger partial charge in [0.2, 0.25) is 0 Å². The van der Waals surface area contributed by atoms with Crippen LogP contribution in [-0.4, -0.2) is 54.2 Å². The van der Waals surface area contributed by atoms with Crippen LogP contribution in [0.1, 0.15) is 5.01 Å². The van der Waals surface area contributed by atoms with Gasteiger partial charge in [0.05, 0.1) is 30.7 Å². The zero-order valence-electron chi connectivity index (χ0n) is 16.6. The first-order valence-electron chi connectivity index (χ1n) is 9.87. The summed E-state index contributed by atoms with van der Waals surface area (Å²) in [4.78, 5) is 23.1. The lowest BCUT2D eigenvalue weighted by Gasteiger charge is -2.33. The number of anilines is 2. The van der Waals surface area contributed by atoms with E-state index in [9.17, 15) is 4.79 Å². The van der Waals surface area contributed by atoms with E-state index in [-0.39, 0.29) is 6.09 Å². The largest absolute Gasteiger partial charge is 0.453 e. The Hall–Kier alpha value is -2.55. The number of hydrogen-bond acceptors (Lipinski definition) is 7.